The van der Waals surface area contributed by atoms with Gasteiger partial charge in [0.2, 0.25) is 17.7 Å². The summed E-state index contributed by atoms with van der Waals surface area (Å²) in [5.74, 6) is -0.0473. The van der Waals surface area contributed by atoms with Gasteiger partial charge in [0.05, 0.1) is 50.9 Å². The molecule has 23 nitrogen and oxygen atoms in total. The average Bonchev–Trinajstić information content (AvgIpc) is 3.88. The molecule has 0 spiro atoms. The summed E-state index contributed by atoms with van der Waals surface area (Å²) in [6.45, 7) is 3.59. The van der Waals surface area contributed by atoms with Crippen molar-refractivity contribution in [2.45, 2.75) is 75.2 Å². The molecule has 2 aliphatic rings. The van der Waals surface area contributed by atoms with Crippen molar-refractivity contribution in [3.63, 3.8) is 0 Å². The number of fused-ring (bicyclic) bond motifs is 2. The number of nitrogen functional groups attached to an aromatic ring is 1. The van der Waals surface area contributed by atoms with Gasteiger partial charge in [0, 0.05) is 84.8 Å². The van der Waals surface area contributed by atoms with E-state index >= 15 is 0 Å². The minimum absolute atomic E-state index is 0.0458. The van der Waals surface area contributed by atoms with Crippen LogP contribution in [0.1, 0.15) is 67.4 Å². The van der Waals surface area contributed by atoms with Crippen molar-refractivity contribution in [1.29, 1.82) is 10.9 Å². The van der Waals surface area contributed by atoms with Crippen molar-refractivity contribution in [2.24, 2.45) is 11.0 Å². The second-order valence-corrected chi connectivity index (χ2v) is 20.1. The lowest BCUT2D eigenvalue weighted by molar-refractivity contribution is -0.139. The van der Waals surface area contributed by atoms with E-state index in [0.717, 1.165) is 56.0 Å². The molecule has 70 heavy (non-hydrogen) atoms. The monoisotopic (exact) mass is 1030 g/mol. The van der Waals surface area contributed by atoms with Crippen LogP contribution < -0.4 is 37.6 Å². The normalized spacial score (nSPS) is 16.9. The van der Waals surface area contributed by atoms with Gasteiger partial charge in [0.15, 0.2) is 11.2 Å². The number of carbonyl (C=O) groups excluding carboxylic acids is 4. The maximum Gasteiger partial charge on any atom is 0.326 e. The highest BCUT2D eigenvalue weighted by Gasteiger charge is 2.46. The zero-order chi connectivity index (χ0) is 50.1. The number of Topliss-reactive ketones (excluding diaryl/α,β-unsaturated/α-hetero) is 1. The number of carboxylic acid groups (broad SMARTS) is 1. The third kappa shape index (κ3) is 18.9. The summed E-state index contributed by atoms with van der Waals surface area (Å²) >= 11 is 1.84. The largest absolute Gasteiger partial charge is 0.492 e. The number of carboxylic acids is 1. The van der Waals surface area contributed by atoms with E-state index in [9.17, 15) is 34.2 Å². The van der Waals surface area contributed by atoms with Gasteiger partial charge < -0.3 is 57.3 Å². The van der Waals surface area contributed by atoms with Crippen LogP contribution in [0.2, 0.25) is 0 Å². The van der Waals surface area contributed by atoms with Crippen LogP contribution in [0.5, 0.6) is 5.88 Å². The van der Waals surface area contributed by atoms with Crippen molar-refractivity contribution in [2.75, 3.05) is 80.9 Å². The Kier molecular flexibility index (Phi) is 23.8. The highest BCUT2D eigenvalue weighted by Crippen LogP contribution is 2.38. The Labute approximate surface area is 417 Å². The number of amides is 3. The maximum atomic E-state index is 12.8. The predicted octanol–water partition coefficient (Wildman–Crippen LogP) is 3.02. The van der Waals surface area contributed by atoms with Crippen LogP contribution in [-0.2, 0) is 35.2 Å². The number of rotatable bonds is 35. The molecule has 3 amide bonds. The summed E-state index contributed by atoms with van der Waals surface area (Å²) in [5.41, 5.74) is 15.2. The Bertz CT molecular complexity index is 2280. The van der Waals surface area contributed by atoms with Gasteiger partial charge in [-0.3, -0.25) is 24.6 Å². The first-order valence-electron chi connectivity index (χ1n) is 23.0. The van der Waals surface area contributed by atoms with Crippen LogP contribution in [0, 0.1) is 16.9 Å². The molecule has 26 heteroatoms. The molecule has 2 aromatic heterocycles. The Balaban J connectivity index is 0.796. The maximum absolute atomic E-state index is 12.8. The minimum Gasteiger partial charge on any atom is -0.492 e. The van der Waals surface area contributed by atoms with Crippen LogP contribution in [0.4, 0.5) is 11.6 Å². The number of aliphatic carboxylic acids is 1. The van der Waals surface area contributed by atoms with Gasteiger partial charge in [-0.1, -0.05) is 28.0 Å². The second kappa shape index (κ2) is 30.2. The summed E-state index contributed by atoms with van der Waals surface area (Å²) in [7, 11) is 3.51. The molecular weight excluding hydrogens is 965 g/mol. The smallest absolute Gasteiger partial charge is 0.326 e. The molecule has 2 aliphatic heterocycles. The van der Waals surface area contributed by atoms with Crippen LogP contribution in [0.25, 0.3) is 11.2 Å². The molecule has 1 aromatic carbocycles. The van der Waals surface area contributed by atoms with Gasteiger partial charge in [-0.2, -0.15) is 26.8 Å². The average molecular weight is 1030 g/mol. The summed E-state index contributed by atoms with van der Waals surface area (Å²) in [6, 6.07) is 5.10. The lowest BCUT2D eigenvalue weighted by Crippen LogP contribution is -2.41. The van der Waals surface area contributed by atoms with Crippen LogP contribution in [-0.4, -0.2) is 153 Å². The highest BCUT2D eigenvalue weighted by molar-refractivity contribution is 8.76. The Hall–Kier alpha value is -5.67. The Morgan fingerprint density at radius 3 is 2.54 bits per heavy atom. The fourth-order valence-electron chi connectivity index (χ4n) is 7.25. The minimum atomic E-state index is -1.29. The van der Waals surface area contributed by atoms with Gasteiger partial charge in [-0.15, -0.1) is 0 Å². The molecule has 2 fully saturated rings. The SMILES string of the molecule is N=N/C(=C\NCCSSCCNCCCC(=O)CCCC[C@@H]1SC[C@@H]2C(=N)C(=O)N[C@H]12)COCCOCCNC(=O)CC[C@H](NC(=O)c1ccc(NCc2cnc3nc(N)nc(O)c3n2)cc1)C(=O)O. The van der Waals surface area contributed by atoms with Crippen molar-refractivity contribution in [3.8, 4) is 5.88 Å². The quantitative estimate of drug-likeness (QED) is 0.0229. The number of anilines is 2. The van der Waals surface area contributed by atoms with Crippen molar-refractivity contribution < 1.29 is 43.7 Å². The third-order valence-electron chi connectivity index (χ3n) is 11.0. The Morgan fingerprint density at radius 2 is 1.76 bits per heavy atom. The number of unbranched alkanes of at least 4 members (excludes halogenated alkanes) is 1. The summed E-state index contributed by atoms with van der Waals surface area (Å²) in [5, 5.41) is 49.2. The number of nitrogens with zero attached hydrogens (tertiary/aromatic N) is 5. The van der Waals surface area contributed by atoms with Gasteiger partial charge in [0.25, 0.3) is 11.8 Å². The topological polar surface area (TPSA) is 354 Å². The van der Waals surface area contributed by atoms with E-state index in [-0.39, 0.29) is 104 Å². The van der Waals surface area contributed by atoms with Crippen molar-refractivity contribution in [1.82, 2.24) is 46.5 Å². The lowest BCUT2D eigenvalue weighted by atomic mass is 9.96. The van der Waals surface area contributed by atoms with E-state index in [1.54, 1.807) is 39.9 Å². The molecule has 0 radical (unpaired) electrons. The van der Waals surface area contributed by atoms with Gasteiger partial charge >= 0.3 is 5.97 Å². The number of aromatic hydroxyl groups is 1. The molecule has 0 unspecified atom stereocenters. The number of ether oxygens (including phenoxy) is 2. The number of hydrogen-bond donors (Lipinski definition) is 11. The molecule has 380 valence electrons. The molecule has 5 rings (SSSR count). The number of hydrogen-bond acceptors (Lipinski definition) is 22. The molecule has 2 saturated heterocycles. The molecule has 4 atom stereocenters. The lowest BCUT2D eigenvalue weighted by Gasteiger charge is -2.16. The number of benzene rings is 1. The molecule has 0 saturated carbocycles. The van der Waals surface area contributed by atoms with E-state index in [1.165, 1.54) is 18.3 Å². The summed E-state index contributed by atoms with van der Waals surface area (Å²) in [6.07, 6.45) is 7.67. The number of aromatic nitrogens is 4. The number of nitrogens with two attached hydrogens (primary N) is 1. The number of carbonyl (C=O) groups is 5. The number of ketones is 1. The molecule has 3 aromatic rings. The van der Waals surface area contributed by atoms with Crippen LogP contribution in [0.15, 0.2) is 47.5 Å². The zero-order valence-corrected chi connectivity index (χ0v) is 41.2. The van der Waals surface area contributed by atoms with Crippen molar-refractivity contribution >= 4 is 91.3 Å². The molecule has 4 heterocycles. The molecule has 0 bridgehead atoms. The summed E-state index contributed by atoms with van der Waals surface area (Å²) < 4.78 is 11.0. The summed E-state index contributed by atoms with van der Waals surface area (Å²) in [4.78, 5) is 77.1. The zero-order valence-electron chi connectivity index (χ0n) is 38.7. The third-order valence-corrected chi connectivity index (χ3v) is 14.9. The standard InChI is InChI=1S/C44H62N14O9S3/c45-36-32-26-68-34(37(32)55-41(36)62)6-2-1-4-31(59)5-3-13-48-15-20-69-70-21-16-49-22-30(58-47)25-67-19-18-66-17-14-50-35(60)12-11-33(43(64)65)54-40(61)27-7-9-28(10-8-27)51-23-29-24-52-39-38(53-29)42(63)57-44(46)56-39/h7-10,22,24,32-34,37,45,47-49,51H,1-6,11-21,23,25-26H2,(H,50,60)(H,54,61)(H,55,62)(H,64,65)(H3,46,52,56,57,63)/b30-22-,45-36?,58-47?/t32-,33+,34+,37+/m1/s1. The fraction of sp³-hybridized carbons (Fsp3) is 0.545. The number of nitrogens with one attached hydrogen (secondary N) is 8. The van der Waals surface area contributed by atoms with Crippen LogP contribution >= 0.6 is 33.3 Å². The van der Waals surface area contributed by atoms with Gasteiger partial charge in [0.1, 0.15) is 23.2 Å². The van der Waals surface area contributed by atoms with E-state index in [1.807, 2.05) is 11.8 Å². The van der Waals surface area contributed by atoms with E-state index in [4.69, 9.17) is 26.1 Å². The molecule has 0 aliphatic carbocycles. The fourth-order valence-corrected chi connectivity index (χ4v) is 10.8. The van der Waals surface area contributed by atoms with E-state index in [2.05, 4.69) is 57.0 Å². The van der Waals surface area contributed by atoms with Gasteiger partial charge in [-0.25, -0.2) is 20.3 Å². The first-order valence-corrected chi connectivity index (χ1v) is 26.5. The first-order chi connectivity index (χ1) is 33.9. The van der Waals surface area contributed by atoms with Crippen LogP contribution in [0.3, 0.4) is 0 Å². The second-order valence-electron chi connectivity index (χ2n) is 16.2. The van der Waals surface area contributed by atoms with Gasteiger partial charge in [-0.05, 0) is 56.5 Å². The molecule has 12 N–H and O–H groups in total. The van der Waals surface area contributed by atoms with E-state index < -0.39 is 23.8 Å². The Morgan fingerprint density at radius 1 is 0.986 bits per heavy atom. The number of thioether (sulfide) groups is 1. The van der Waals surface area contributed by atoms with E-state index in [0.29, 0.717) is 47.5 Å². The van der Waals surface area contributed by atoms with Crippen molar-refractivity contribution in [3.05, 3.63) is 53.6 Å². The highest BCUT2D eigenvalue weighted by atomic mass is 33.1. The molecular formula is C44H62N14O9S3. The first kappa shape index (κ1) is 55.3. The predicted molar refractivity (Wildman–Crippen MR) is 269 cm³/mol.